The van der Waals surface area contributed by atoms with Gasteiger partial charge in [-0.1, -0.05) is 52.4 Å². The van der Waals surface area contributed by atoms with Crippen molar-refractivity contribution < 1.29 is 50.3 Å². The van der Waals surface area contributed by atoms with Gasteiger partial charge < -0.3 is 24.8 Å². The van der Waals surface area contributed by atoms with Crippen LogP contribution in [0.1, 0.15) is 130 Å². The largest absolute Gasteiger partial charge is 1.00 e. The van der Waals surface area contributed by atoms with Crippen molar-refractivity contribution in [1.82, 2.24) is 3.80 Å². The molecule has 0 aromatic rings. The predicted molar refractivity (Wildman–Crippen MR) is 153 cm³/mol. The topological polar surface area (TPSA) is 29.1 Å². The number of amides is 1. The van der Waals surface area contributed by atoms with Gasteiger partial charge in [-0.3, -0.25) is 0 Å². The van der Waals surface area contributed by atoms with Gasteiger partial charge in [-0.25, -0.2) is 0 Å². The van der Waals surface area contributed by atoms with Crippen molar-refractivity contribution >= 4 is 19.5 Å². The van der Waals surface area contributed by atoms with Gasteiger partial charge >= 0.3 is 194 Å². The predicted octanol–water partition coefficient (Wildman–Crippen LogP) is 2.07. The third kappa shape index (κ3) is 2.76. The first-order valence-corrected chi connectivity index (χ1v) is 19.3. The first-order valence-electron chi connectivity index (χ1n) is 16.9. The van der Waals surface area contributed by atoms with Crippen molar-refractivity contribution in [2.45, 2.75) is 142 Å². The summed E-state index contributed by atoms with van der Waals surface area (Å²) in [7, 11) is -0.587. The molecule has 1 amide bonds. The summed E-state index contributed by atoms with van der Waals surface area (Å²) in [6.45, 7) is 9.91. The second-order valence-electron chi connectivity index (χ2n) is 15.3. The molecule has 0 aromatic heterocycles. The van der Waals surface area contributed by atoms with Gasteiger partial charge in [0.05, 0.1) is 0 Å². The van der Waals surface area contributed by atoms with E-state index in [9.17, 15) is 4.79 Å². The van der Waals surface area contributed by atoms with Crippen LogP contribution in [0.3, 0.4) is 0 Å². The summed E-state index contributed by atoms with van der Waals surface area (Å²) in [5.74, 6) is 3.32. The van der Waals surface area contributed by atoms with Gasteiger partial charge in [0.15, 0.2) is 0 Å². The van der Waals surface area contributed by atoms with Crippen molar-refractivity contribution in [3.63, 3.8) is 0 Å². The van der Waals surface area contributed by atoms with E-state index in [1.54, 1.807) is 0 Å². The molecule has 1 aliphatic heterocycles. The number of carbonyl (C=O) groups excluding carboxylic acids is 1. The number of hydrogen-bond donors (Lipinski definition) is 1. The zero-order valence-electron chi connectivity index (χ0n) is 25.4. The van der Waals surface area contributed by atoms with Gasteiger partial charge in [-0.2, -0.15) is 0 Å². The third-order valence-electron chi connectivity index (χ3n) is 14.8. The van der Waals surface area contributed by atoms with Crippen LogP contribution in [0.2, 0.25) is 11.1 Å². The number of hydrogen-bond acceptors (Lipinski definition) is 1. The number of nitrogens with one attached hydrogen (secondary N) is 1. The molecule has 1 N–H and O–H groups in total. The van der Waals surface area contributed by atoms with Crippen LogP contribution >= 0.6 is 0 Å². The van der Waals surface area contributed by atoms with Gasteiger partial charge in [-0.05, 0) is 0 Å². The van der Waals surface area contributed by atoms with Crippen molar-refractivity contribution in [3.8, 4) is 0 Å². The second kappa shape index (κ2) is 9.79. The maximum Gasteiger partial charge on any atom is -1.00 e. The van der Waals surface area contributed by atoms with Crippen LogP contribution in [-0.2, 0) is 25.5 Å². The Balaban J connectivity index is 0.00000145. The Hall–Kier alpha value is 0.591. The molecule has 2 nitrogen and oxygen atoms in total. The monoisotopic (exact) mass is 634 g/mol. The molecular formula is C34H50Cl2NOSiTi. The maximum atomic E-state index is 13.5. The van der Waals surface area contributed by atoms with Crippen LogP contribution < -0.4 is 28.6 Å². The standard InChI is InChI=1S/C34H51NOSi.2ClH.Ti/c1-5-8-10-12-13-15-16-23-21(4)37(25(7-3)24(23)17-14-11-9-6-2)26-22-18-30(29(35)36)20-31(26)27-33(30)28-32(33,19-22)34(27,28)31;;;/h21-22,26-28H,5-20H2,1-4H3,(H2,35,36);2*1H;/q;;;+3/p-3. The fraction of sp³-hybridized carbons (Fsp3) is 0.882. The molecule has 10 atom stereocenters. The van der Waals surface area contributed by atoms with E-state index in [1.165, 1.54) is 103 Å². The summed E-state index contributed by atoms with van der Waals surface area (Å²) < 4.78 is 3.20. The molecule has 6 bridgehead atoms. The van der Waals surface area contributed by atoms with E-state index in [2.05, 4.69) is 31.5 Å². The Kier molecular flexibility index (Phi) is 7.49. The van der Waals surface area contributed by atoms with Gasteiger partial charge in [0.1, 0.15) is 0 Å². The molecule has 1 heterocycles. The van der Waals surface area contributed by atoms with Crippen molar-refractivity contribution in [3.05, 3.63) is 11.1 Å². The number of carbonyl (C=O) groups is 1. The fourth-order valence-corrected chi connectivity index (χ4v) is 20.0. The van der Waals surface area contributed by atoms with E-state index in [-0.39, 0.29) is 30.2 Å². The number of rotatable bonds is 15. The first-order chi connectivity index (χ1) is 18.5. The molecule has 10 aliphatic rings. The summed E-state index contributed by atoms with van der Waals surface area (Å²) in [6.07, 6.45) is 22.3. The third-order valence-corrected chi connectivity index (χ3v) is 19.5. The average Bonchev–Trinajstić information content (AvgIpc) is 3.72. The molecular weight excluding hydrogens is 585 g/mol. The summed E-state index contributed by atoms with van der Waals surface area (Å²) in [5.41, 5.74) is 8.41. The Labute approximate surface area is 269 Å². The van der Waals surface area contributed by atoms with E-state index in [0.29, 0.717) is 22.2 Å². The smallest absolute Gasteiger partial charge is 1.00 e. The SMILES string of the molecule is CCCCCCCCC1=C(CCCCCC)C(CC)=[Si](C2C3CC4(C(=O)[NH][Ti+2])CC25C2C46C4C6(C3)C245)C1C.[Cl-].[Cl-]. The van der Waals surface area contributed by atoms with Crippen LogP contribution in [0, 0.1) is 44.8 Å². The molecule has 219 valence electrons. The Bertz CT molecular complexity index is 1190. The van der Waals surface area contributed by atoms with Gasteiger partial charge in [0, 0.05) is 0 Å². The second-order valence-corrected chi connectivity index (χ2v) is 18.7. The van der Waals surface area contributed by atoms with Crippen LogP contribution in [0.25, 0.3) is 0 Å². The Morgan fingerprint density at radius 2 is 1.55 bits per heavy atom. The molecule has 0 saturated heterocycles. The first kappa shape index (κ1) is 30.6. The maximum absolute atomic E-state index is 13.5. The van der Waals surface area contributed by atoms with Gasteiger partial charge in [-0.15, -0.1) is 0 Å². The fourth-order valence-electron chi connectivity index (χ4n) is 14.6. The molecule has 0 radical (unpaired) electrons. The van der Waals surface area contributed by atoms with Crippen LogP contribution in [0.5, 0.6) is 0 Å². The number of unbranched alkanes of at least 4 members (excludes halogenated alkanes) is 8. The van der Waals surface area contributed by atoms with E-state index < -0.39 is 8.41 Å². The van der Waals surface area contributed by atoms with Crippen molar-refractivity contribution in [2.75, 3.05) is 0 Å². The quantitative estimate of drug-likeness (QED) is 0.217. The molecule has 0 aromatic carbocycles. The number of allylic oxidation sites excluding steroid dienone is 2. The van der Waals surface area contributed by atoms with Crippen molar-refractivity contribution in [2.24, 2.45) is 44.8 Å². The van der Waals surface area contributed by atoms with Crippen LogP contribution in [0.4, 0.5) is 0 Å². The van der Waals surface area contributed by atoms with Crippen molar-refractivity contribution in [1.29, 1.82) is 0 Å². The molecule has 6 heteroatoms. The van der Waals surface area contributed by atoms with E-state index in [1.807, 2.05) is 37.0 Å². The summed E-state index contributed by atoms with van der Waals surface area (Å²) in [5, 5.41) is 2.02. The molecule has 4 spiro atoms. The molecule has 10 rings (SSSR count). The van der Waals surface area contributed by atoms with Gasteiger partial charge in [0.25, 0.3) is 0 Å². The van der Waals surface area contributed by atoms with E-state index >= 15 is 0 Å². The normalized spacial score (nSPS) is 47.9. The minimum absolute atomic E-state index is 0. The van der Waals surface area contributed by atoms with Crippen LogP contribution in [0.15, 0.2) is 11.1 Å². The van der Waals surface area contributed by atoms with E-state index in [4.69, 9.17) is 0 Å². The summed E-state index contributed by atoms with van der Waals surface area (Å²) >= 11 is 1.93. The summed E-state index contributed by atoms with van der Waals surface area (Å²) in [4.78, 5) is 13.5. The Morgan fingerprint density at radius 1 is 0.900 bits per heavy atom. The van der Waals surface area contributed by atoms with E-state index in [0.717, 1.165) is 34.3 Å². The minimum atomic E-state index is -0.587. The number of halogens is 2. The molecule has 10 unspecified atom stereocenters. The zero-order chi connectivity index (χ0) is 26.3. The molecule has 9 saturated carbocycles. The zero-order valence-corrected chi connectivity index (χ0v) is 29.4. The summed E-state index contributed by atoms with van der Waals surface area (Å²) in [6, 6.07) is 0. The Morgan fingerprint density at radius 3 is 2.23 bits per heavy atom. The average molecular weight is 636 g/mol. The molecule has 9 aliphatic carbocycles. The molecule has 40 heavy (non-hydrogen) atoms. The van der Waals surface area contributed by atoms with Gasteiger partial charge in [0.2, 0.25) is 0 Å². The molecule has 9 fully saturated rings. The van der Waals surface area contributed by atoms with Crippen LogP contribution in [-0.4, -0.2) is 19.5 Å². The minimum Gasteiger partial charge on any atom is -1.00 e.